The van der Waals surface area contributed by atoms with Gasteiger partial charge in [0.2, 0.25) is 0 Å². The minimum atomic E-state index is -4.42. The second-order valence-electron chi connectivity index (χ2n) is 3.79. The van der Waals surface area contributed by atoms with E-state index in [1.807, 2.05) is 18.2 Å². The third-order valence-electron chi connectivity index (χ3n) is 2.57. The summed E-state index contributed by atoms with van der Waals surface area (Å²) in [5.74, 6) is 0.134. The van der Waals surface area contributed by atoms with Gasteiger partial charge in [0.05, 0.1) is 6.61 Å². The van der Waals surface area contributed by atoms with Gasteiger partial charge in [-0.2, -0.15) is 8.42 Å². The number of benzene rings is 2. The van der Waals surface area contributed by atoms with Gasteiger partial charge in [-0.25, -0.2) is 4.18 Å². The average Bonchev–Trinajstić information content (AvgIpc) is 2.27. The Labute approximate surface area is 105 Å². The summed E-state index contributed by atoms with van der Waals surface area (Å²) >= 11 is 0. The fourth-order valence-corrected chi connectivity index (χ4v) is 2.16. The Hall–Kier alpha value is -1.63. The molecule has 2 aromatic rings. The molecule has 2 rings (SSSR count). The van der Waals surface area contributed by atoms with E-state index in [9.17, 15) is 13.5 Å². The largest absolute Gasteiger partial charge is 0.507 e. The summed E-state index contributed by atoms with van der Waals surface area (Å²) in [6.45, 7) is -0.174. The molecule has 5 nitrogen and oxygen atoms in total. The second-order valence-corrected chi connectivity index (χ2v) is 4.88. The summed E-state index contributed by atoms with van der Waals surface area (Å²) in [7, 11) is -4.42. The van der Waals surface area contributed by atoms with Gasteiger partial charge in [-0.3, -0.25) is 4.55 Å². The van der Waals surface area contributed by atoms with E-state index in [1.165, 1.54) is 0 Å². The van der Waals surface area contributed by atoms with E-state index in [0.29, 0.717) is 5.39 Å². The van der Waals surface area contributed by atoms with Gasteiger partial charge in [0, 0.05) is 5.39 Å². The molecule has 6 heteroatoms. The fourth-order valence-electron chi connectivity index (χ4n) is 1.86. The topological polar surface area (TPSA) is 83.8 Å². The zero-order valence-electron chi connectivity index (χ0n) is 9.41. The molecule has 0 aromatic heterocycles. The van der Waals surface area contributed by atoms with Crippen molar-refractivity contribution in [3.05, 3.63) is 42.0 Å². The van der Waals surface area contributed by atoms with Crippen molar-refractivity contribution in [1.29, 1.82) is 0 Å². The van der Waals surface area contributed by atoms with Crippen molar-refractivity contribution >= 4 is 21.2 Å². The van der Waals surface area contributed by atoms with Gasteiger partial charge in [0.25, 0.3) is 0 Å². The molecule has 0 saturated carbocycles. The van der Waals surface area contributed by atoms with Crippen LogP contribution in [0.5, 0.6) is 5.75 Å². The predicted octanol–water partition coefficient (Wildman–Crippen LogP) is 1.91. The van der Waals surface area contributed by atoms with Gasteiger partial charge in [-0.15, -0.1) is 0 Å². The Morgan fingerprint density at radius 3 is 2.44 bits per heavy atom. The summed E-state index contributed by atoms with van der Waals surface area (Å²) in [6, 6.07) is 10.6. The van der Waals surface area contributed by atoms with E-state index >= 15 is 0 Å². The monoisotopic (exact) mass is 268 g/mol. The van der Waals surface area contributed by atoms with Crippen LogP contribution in [0.4, 0.5) is 0 Å². The fraction of sp³-hybridized carbons (Fsp3) is 0.167. The molecule has 96 valence electrons. The van der Waals surface area contributed by atoms with Crippen LogP contribution in [0, 0.1) is 0 Å². The third kappa shape index (κ3) is 2.98. The quantitative estimate of drug-likeness (QED) is 0.827. The summed E-state index contributed by atoms with van der Waals surface area (Å²) in [5, 5.41) is 11.3. The third-order valence-corrected chi connectivity index (χ3v) is 3.04. The van der Waals surface area contributed by atoms with Gasteiger partial charge in [-0.05, 0) is 23.4 Å². The molecule has 2 aromatic carbocycles. The van der Waals surface area contributed by atoms with Crippen LogP contribution in [0.3, 0.4) is 0 Å². The Morgan fingerprint density at radius 2 is 1.78 bits per heavy atom. The number of hydrogen-bond acceptors (Lipinski definition) is 4. The maximum absolute atomic E-state index is 10.4. The number of phenols is 1. The zero-order valence-corrected chi connectivity index (χ0v) is 10.2. The first-order chi connectivity index (χ1) is 8.47. The number of phenolic OH excluding ortho intramolecular Hbond substituents is 1. The summed E-state index contributed by atoms with van der Waals surface area (Å²) in [5.41, 5.74) is 0.759. The van der Waals surface area contributed by atoms with Crippen LogP contribution in [0.1, 0.15) is 5.56 Å². The van der Waals surface area contributed by atoms with Crippen molar-refractivity contribution in [2.45, 2.75) is 6.42 Å². The molecule has 0 saturated heterocycles. The van der Waals surface area contributed by atoms with Crippen molar-refractivity contribution in [3.63, 3.8) is 0 Å². The maximum atomic E-state index is 10.4. The molecule has 0 spiro atoms. The Balaban J connectivity index is 2.28. The SMILES string of the molecule is O=S(=O)(O)OCCc1cccc2cccc(O)c12. The first-order valence-corrected chi connectivity index (χ1v) is 6.65. The molecule has 0 amide bonds. The smallest absolute Gasteiger partial charge is 0.397 e. The van der Waals surface area contributed by atoms with Crippen molar-refractivity contribution in [2.75, 3.05) is 6.61 Å². The van der Waals surface area contributed by atoms with Gasteiger partial charge in [0.1, 0.15) is 5.75 Å². The molecule has 0 aliphatic rings. The molecule has 0 bridgehead atoms. The molecule has 2 N–H and O–H groups in total. The Bertz CT molecular complexity index is 658. The molecular weight excluding hydrogens is 256 g/mol. The van der Waals surface area contributed by atoms with Gasteiger partial charge in [0.15, 0.2) is 0 Å². The molecule has 0 atom stereocenters. The van der Waals surface area contributed by atoms with Crippen molar-refractivity contribution in [1.82, 2.24) is 0 Å². The molecule has 0 heterocycles. The minimum Gasteiger partial charge on any atom is -0.507 e. The van der Waals surface area contributed by atoms with Gasteiger partial charge < -0.3 is 5.11 Å². The second kappa shape index (κ2) is 4.93. The van der Waals surface area contributed by atoms with E-state index < -0.39 is 10.4 Å². The summed E-state index contributed by atoms with van der Waals surface area (Å²) in [4.78, 5) is 0. The Morgan fingerprint density at radius 1 is 1.11 bits per heavy atom. The number of fused-ring (bicyclic) bond motifs is 1. The van der Waals surface area contributed by atoms with Gasteiger partial charge in [-0.1, -0.05) is 30.3 Å². The zero-order chi connectivity index (χ0) is 13.2. The molecule has 0 aliphatic carbocycles. The van der Waals surface area contributed by atoms with Crippen LogP contribution >= 0.6 is 0 Å². The van der Waals surface area contributed by atoms with Crippen molar-refractivity contribution in [2.24, 2.45) is 0 Å². The molecule has 0 fully saturated rings. The van der Waals surface area contributed by atoms with Crippen molar-refractivity contribution in [3.8, 4) is 5.75 Å². The standard InChI is InChI=1S/C12H12O5S/c13-11-6-2-5-9-3-1-4-10(12(9)11)7-8-17-18(14,15)16/h1-6,13H,7-8H2,(H,14,15,16). The highest BCUT2D eigenvalue weighted by atomic mass is 32.3. The first kappa shape index (κ1) is 12.8. The van der Waals surface area contributed by atoms with E-state index in [0.717, 1.165) is 10.9 Å². The average molecular weight is 268 g/mol. The lowest BCUT2D eigenvalue weighted by molar-refractivity contribution is 0.272. The van der Waals surface area contributed by atoms with E-state index in [1.54, 1.807) is 18.2 Å². The molecular formula is C12H12O5S. The molecule has 18 heavy (non-hydrogen) atoms. The first-order valence-electron chi connectivity index (χ1n) is 5.29. The highest BCUT2D eigenvalue weighted by Gasteiger charge is 2.08. The lowest BCUT2D eigenvalue weighted by Crippen LogP contribution is -2.07. The maximum Gasteiger partial charge on any atom is 0.397 e. The van der Waals surface area contributed by atoms with Crippen LogP contribution in [0.25, 0.3) is 10.8 Å². The highest BCUT2D eigenvalue weighted by molar-refractivity contribution is 7.80. The van der Waals surface area contributed by atoms with Crippen molar-refractivity contribution < 1.29 is 22.3 Å². The van der Waals surface area contributed by atoms with Crippen LogP contribution in [-0.4, -0.2) is 24.7 Å². The Kier molecular flexibility index (Phi) is 3.51. The molecule has 0 radical (unpaired) electrons. The normalized spacial score (nSPS) is 11.8. The summed E-state index contributed by atoms with van der Waals surface area (Å²) in [6.07, 6.45) is 0.273. The minimum absolute atomic E-state index is 0.134. The number of hydrogen-bond donors (Lipinski definition) is 2. The molecule has 0 aliphatic heterocycles. The van der Waals surface area contributed by atoms with E-state index in [4.69, 9.17) is 4.55 Å². The molecule has 0 unspecified atom stereocenters. The summed E-state index contributed by atoms with van der Waals surface area (Å²) < 4.78 is 33.6. The highest BCUT2D eigenvalue weighted by Crippen LogP contribution is 2.28. The van der Waals surface area contributed by atoms with E-state index in [2.05, 4.69) is 4.18 Å². The van der Waals surface area contributed by atoms with E-state index in [-0.39, 0.29) is 18.8 Å². The van der Waals surface area contributed by atoms with Crippen LogP contribution < -0.4 is 0 Å². The van der Waals surface area contributed by atoms with Crippen LogP contribution in [0.15, 0.2) is 36.4 Å². The predicted molar refractivity (Wildman–Crippen MR) is 66.8 cm³/mol. The lowest BCUT2D eigenvalue weighted by Gasteiger charge is -2.07. The lowest BCUT2D eigenvalue weighted by atomic mass is 10.0. The number of aromatic hydroxyl groups is 1. The van der Waals surface area contributed by atoms with Crippen LogP contribution in [0.2, 0.25) is 0 Å². The van der Waals surface area contributed by atoms with Gasteiger partial charge >= 0.3 is 10.4 Å². The van der Waals surface area contributed by atoms with Crippen LogP contribution in [-0.2, 0) is 21.0 Å². The number of rotatable bonds is 4.